The minimum atomic E-state index is -0.223. The normalized spacial score (nSPS) is 24.1. The third-order valence-corrected chi connectivity index (χ3v) is 3.66. The Hall–Kier alpha value is -1.20. The molecular formula is C13H19N3OS. The van der Waals surface area contributed by atoms with Gasteiger partial charge in [0.15, 0.2) is 0 Å². The Morgan fingerprint density at radius 1 is 1.56 bits per heavy atom. The van der Waals surface area contributed by atoms with Gasteiger partial charge in [0, 0.05) is 18.8 Å². The Kier molecular flexibility index (Phi) is 3.82. The Labute approximate surface area is 113 Å². The SMILES string of the molecule is Cc1ccc(C(N)=S)c(N2CCC(O)C(C)C2)n1. The second-order valence-corrected chi connectivity index (χ2v) is 5.41. The van der Waals surface area contributed by atoms with Gasteiger partial charge in [-0.2, -0.15) is 0 Å². The number of aliphatic hydroxyl groups excluding tert-OH is 1. The number of aryl methyl sites for hydroxylation is 1. The molecular weight excluding hydrogens is 246 g/mol. The lowest BCUT2D eigenvalue weighted by molar-refractivity contribution is 0.0969. The van der Waals surface area contributed by atoms with Crippen LogP contribution in [0.1, 0.15) is 24.6 Å². The molecule has 1 aromatic heterocycles. The van der Waals surface area contributed by atoms with E-state index in [4.69, 9.17) is 18.0 Å². The van der Waals surface area contributed by atoms with Gasteiger partial charge in [-0.05, 0) is 31.4 Å². The van der Waals surface area contributed by atoms with Crippen LogP contribution in [0.4, 0.5) is 5.82 Å². The highest BCUT2D eigenvalue weighted by atomic mass is 32.1. The van der Waals surface area contributed by atoms with Gasteiger partial charge in [0.2, 0.25) is 0 Å². The maximum Gasteiger partial charge on any atom is 0.139 e. The molecule has 3 N–H and O–H groups in total. The molecule has 2 heterocycles. The highest BCUT2D eigenvalue weighted by Crippen LogP contribution is 2.25. The topological polar surface area (TPSA) is 62.4 Å². The van der Waals surface area contributed by atoms with Crippen LogP contribution in [0.5, 0.6) is 0 Å². The Morgan fingerprint density at radius 3 is 2.89 bits per heavy atom. The number of aromatic nitrogens is 1. The monoisotopic (exact) mass is 265 g/mol. The van der Waals surface area contributed by atoms with Crippen LogP contribution in [-0.4, -0.2) is 34.3 Å². The molecule has 5 heteroatoms. The molecule has 0 aromatic carbocycles. The van der Waals surface area contributed by atoms with Crippen molar-refractivity contribution in [1.82, 2.24) is 4.98 Å². The molecule has 18 heavy (non-hydrogen) atoms. The first-order valence-electron chi connectivity index (χ1n) is 6.19. The van der Waals surface area contributed by atoms with Gasteiger partial charge >= 0.3 is 0 Å². The van der Waals surface area contributed by atoms with Crippen molar-refractivity contribution in [2.24, 2.45) is 11.7 Å². The molecule has 1 aromatic rings. The standard InChI is InChI=1S/C13H19N3OS/c1-8-7-16(6-5-11(8)17)13-10(12(14)18)4-3-9(2)15-13/h3-4,8,11,17H,5-7H2,1-2H3,(H2,14,18). The minimum absolute atomic E-state index is 0.223. The van der Waals surface area contributed by atoms with Crippen LogP contribution in [0.2, 0.25) is 0 Å². The first kappa shape index (κ1) is 13.2. The van der Waals surface area contributed by atoms with Crippen LogP contribution < -0.4 is 10.6 Å². The summed E-state index contributed by atoms with van der Waals surface area (Å²) in [4.78, 5) is 7.09. The van der Waals surface area contributed by atoms with Gasteiger partial charge in [-0.25, -0.2) is 4.98 Å². The fourth-order valence-corrected chi connectivity index (χ4v) is 2.46. The summed E-state index contributed by atoms with van der Waals surface area (Å²) in [5.41, 5.74) is 7.52. The van der Waals surface area contributed by atoms with Crippen molar-refractivity contribution < 1.29 is 5.11 Å². The van der Waals surface area contributed by atoms with E-state index in [1.165, 1.54) is 0 Å². The van der Waals surface area contributed by atoms with Crippen molar-refractivity contribution in [3.8, 4) is 0 Å². The number of aliphatic hydroxyl groups is 1. The second kappa shape index (κ2) is 5.20. The summed E-state index contributed by atoms with van der Waals surface area (Å²) in [6.45, 7) is 5.58. The molecule has 1 aliphatic rings. The summed E-state index contributed by atoms with van der Waals surface area (Å²) in [5.74, 6) is 1.08. The van der Waals surface area contributed by atoms with Crippen molar-refractivity contribution in [3.63, 3.8) is 0 Å². The highest BCUT2D eigenvalue weighted by molar-refractivity contribution is 7.80. The zero-order chi connectivity index (χ0) is 13.3. The smallest absolute Gasteiger partial charge is 0.139 e. The molecule has 2 atom stereocenters. The van der Waals surface area contributed by atoms with E-state index in [2.05, 4.69) is 9.88 Å². The van der Waals surface area contributed by atoms with Gasteiger partial charge in [-0.1, -0.05) is 19.1 Å². The quantitative estimate of drug-likeness (QED) is 0.788. The molecule has 2 rings (SSSR count). The van der Waals surface area contributed by atoms with E-state index in [0.29, 0.717) is 4.99 Å². The van der Waals surface area contributed by atoms with Crippen LogP contribution in [0.3, 0.4) is 0 Å². The first-order valence-corrected chi connectivity index (χ1v) is 6.60. The van der Waals surface area contributed by atoms with Gasteiger partial charge in [-0.15, -0.1) is 0 Å². The molecule has 98 valence electrons. The van der Waals surface area contributed by atoms with Gasteiger partial charge < -0.3 is 15.7 Å². The molecule has 0 spiro atoms. The minimum Gasteiger partial charge on any atom is -0.393 e. The average molecular weight is 265 g/mol. The summed E-state index contributed by atoms with van der Waals surface area (Å²) in [5, 5.41) is 9.78. The summed E-state index contributed by atoms with van der Waals surface area (Å²) in [6, 6.07) is 3.84. The maximum atomic E-state index is 9.78. The van der Waals surface area contributed by atoms with Crippen LogP contribution >= 0.6 is 12.2 Å². The fourth-order valence-electron chi connectivity index (χ4n) is 2.30. The number of pyridine rings is 1. The predicted molar refractivity (Wildman–Crippen MR) is 76.9 cm³/mol. The van der Waals surface area contributed by atoms with Crippen molar-refractivity contribution in [2.45, 2.75) is 26.4 Å². The van der Waals surface area contributed by atoms with E-state index >= 15 is 0 Å². The third kappa shape index (κ3) is 2.62. The van der Waals surface area contributed by atoms with Crippen LogP contribution in [0.25, 0.3) is 0 Å². The Morgan fingerprint density at radius 2 is 2.28 bits per heavy atom. The van der Waals surface area contributed by atoms with Crippen molar-refractivity contribution >= 4 is 23.0 Å². The zero-order valence-corrected chi connectivity index (χ0v) is 11.6. The lowest BCUT2D eigenvalue weighted by Crippen LogP contribution is -2.43. The van der Waals surface area contributed by atoms with Crippen molar-refractivity contribution in [3.05, 3.63) is 23.4 Å². The zero-order valence-electron chi connectivity index (χ0n) is 10.8. The molecule has 1 fully saturated rings. The van der Waals surface area contributed by atoms with Gasteiger partial charge in [0.1, 0.15) is 10.8 Å². The number of anilines is 1. The van der Waals surface area contributed by atoms with Crippen LogP contribution in [0.15, 0.2) is 12.1 Å². The molecule has 2 unspecified atom stereocenters. The van der Waals surface area contributed by atoms with Gasteiger partial charge in [-0.3, -0.25) is 0 Å². The number of hydrogen-bond donors (Lipinski definition) is 2. The summed E-state index contributed by atoms with van der Waals surface area (Å²) < 4.78 is 0. The number of rotatable bonds is 2. The van der Waals surface area contributed by atoms with E-state index in [1.807, 2.05) is 26.0 Å². The number of nitrogens with zero attached hydrogens (tertiary/aromatic N) is 2. The lowest BCUT2D eigenvalue weighted by Gasteiger charge is -2.36. The molecule has 4 nitrogen and oxygen atoms in total. The molecule has 0 radical (unpaired) electrons. The first-order chi connectivity index (χ1) is 8.49. The number of thiocarbonyl (C=S) groups is 1. The predicted octanol–water partition coefficient (Wildman–Crippen LogP) is 1.23. The van der Waals surface area contributed by atoms with E-state index in [9.17, 15) is 5.11 Å². The van der Waals surface area contributed by atoms with Gasteiger partial charge in [0.05, 0.1) is 11.7 Å². The van der Waals surface area contributed by atoms with E-state index in [0.717, 1.165) is 36.6 Å². The molecule has 0 bridgehead atoms. The summed E-state index contributed by atoms with van der Waals surface area (Å²) in [6.07, 6.45) is 0.535. The summed E-state index contributed by atoms with van der Waals surface area (Å²) in [7, 11) is 0. The summed E-state index contributed by atoms with van der Waals surface area (Å²) >= 11 is 5.08. The second-order valence-electron chi connectivity index (χ2n) is 4.97. The lowest BCUT2D eigenvalue weighted by atomic mass is 9.96. The van der Waals surface area contributed by atoms with Crippen LogP contribution in [0, 0.1) is 12.8 Å². The van der Waals surface area contributed by atoms with Crippen LogP contribution in [-0.2, 0) is 0 Å². The van der Waals surface area contributed by atoms with Gasteiger partial charge in [0.25, 0.3) is 0 Å². The number of hydrogen-bond acceptors (Lipinski definition) is 4. The average Bonchev–Trinajstić information content (AvgIpc) is 2.32. The van der Waals surface area contributed by atoms with E-state index < -0.39 is 0 Å². The number of nitrogens with two attached hydrogens (primary N) is 1. The molecule has 0 amide bonds. The van der Waals surface area contributed by atoms with Crippen molar-refractivity contribution in [2.75, 3.05) is 18.0 Å². The molecule has 1 aliphatic heterocycles. The Bertz CT molecular complexity index is 464. The number of piperidine rings is 1. The third-order valence-electron chi connectivity index (χ3n) is 3.44. The Balaban J connectivity index is 2.32. The molecule has 1 saturated heterocycles. The largest absolute Gasteiger partial charge is 0.393 e. The molecule has 0 saturated carbocycles. The highest BCUT2D eigenvalue weighted by Gasteiger charge is 2.26. The van der Waals surface area contributed by atoms with Crippen molar-refractivity contribution in [1.29, 1.82) is 0 Å². The van der Waals surface area contributed by atoms with E-state index in [-0.39, 0.29) is 12.0 Å². The van der Waals surface area contributed by atoms with E-state index in [1.54, 1.807) is 0 Å². The molecule has 0 aliphatic carbocycles. The fraction of sp³-hybridized carbons (Fsp3) is 0.538. The maximum absolute atomic E-state index is 9.78.